The Hall–Kier alpha value is 0.250. The number of hydrogen-bond acceptors (Lipinski definition) is 1. The highest BCUT2D eigenvalue weighted by atomic mass is 35.5. The van der Waals surface area contributed by atoms with Crippen molar-refractivity contribution < 1.29 is 0 Å². The SMILES string of the molecule is CCCCCCCCCN(C)CC1CC(Cl)C1. The summed E-state index contributed by atoms with van der Waals surface area (Å²) in [5.74, 6) is 0.882. The zero-order chi connectivity index (χ0) is 12.5. The Bertz CT molecular complexity index is 178. The van der Waals surface area contributed by atoms with Gasteiger partial charge in [0.1, 0.15) is 0 Å². The molecule has 0 aromatic rings. The summed E-state index contributed by atoms with van der Waals surface area (Å²) in [7, 11) is 2.26. The van der Waals surface area contributed by atoms with Gasteiger partial charge in [0.25, 0.3) is 0 Å². The molecule has 1 aliphatic carbocycles. The van der Waals surface area contributed by atoms with Crippen LogP contribution >= 0.6 is 11.6 Å². The van der Waals surface area contributed by atoms with Gasteiger partial charge in [-0.05, 0) is 38.8 Å². The molecule has 0 aromatic carbocycles. The number of halogens is 1. The van der Waals surface area contributed by atoms with E-state index in [2.05, 4.69) is 18.9 Å². The highest BCUT2D eigenvalue weighted by Gasteiger charge is 2.27. The Kier molecular flexibility index (Phi) is 8.30. The van der Waals surface area contributed by atoms with Crippen molar-refractivity contribution in [2.45, 2.75) is 70.1 Å². The fourth-order valence-corrected chi connectivity index (χ4v) is 3.18. The van der Waals surface area contributed by atoms with Crippen LogP contribution in [0, 0.1) is 5.92 Å². The van der Waals surface area contributed by atoms with Crippen LogP contribution in [0.5, 0.6) is 0 Å². The third-order valence-electron chi connectivity index (χ3n) is 3.89. The largest absolute Gasteiger partial charge is 0.306 e. The second kappa shape index (κ2) is 9.22. The molecule has 0 unspecified atom stereocenters. The van der Waals surface area contributed by atoms with Gasteiger partial charge >= 0.3 is 0 Å². The van der Waals surface area contributed by atoms with Crippen molar-refractivity contribution in [3.05, 3.63) is 0 Å². The third kappa shape index (κ3) is 7.31. The Morgan fingerprint density at radius 1 is 1.00 bits per heavy atom. The molecule has 0 amide bonds. The summed E-state index contributed by atoms with van der Waals surface area (Å²) in [4.78, 5) is 2.50. The van der Waals surface area contributed by atoms with E-state index in [-0.39, 0.29) is 0 Å². The van der Waals surface area contributed by atoms with Crippen LogP contribution in [0.4, 0.5) is 0 Å². The Morgan fingerprint density at radius 3 is 2.18 bits per heavy atom. The Morgan fingerprint density at radius 2 is 1.59 bits per heavy atom. The van der Waals surface area contributed by atoms with Crippen molar-refractivity contribution in [2.24, 2.45) is 5.92 Å². The lowest BCUT2D eigenvalue weighted by Gasteiger charge is -2.34. The Balaban J connectivity index is 1.82. The molecule has 17 heavy (non-hydrogen) atoms. The molecule has 1 saturated carbocycles. The fourth-order valence-electron chi connectivity index (χ4n) is 2.67. The lowest BCUT2D eigenvalue weighted by Crippen LogP contribution is -2.35. The molecule has 0 bridgehead atoms. The first-order valence-corrected chi connectivity index (χ1v) is 7.98. The summed E-state index contributed by atoms with van der Waals surface area (Å²) in [5, 5.41) is 0.479. The molecule has 1 nitrogen and oxygen atoms in total. The molecular weight excluding hydrogens is 230 g/mol. The monoisotopic (exact) mass is 259 g/mol. The van der Waals surface area contributed by atoms with Gasteiger partial charge in [-0.25, -0.2) is 0 Å². The molecule has 1 rings (SSSR count). The molecule has 1 fully saturated rings. The summed E-state index contributed by atoms with van der Waals surface area (Å²) in [6, 6.07) is 0. The van der Waals surface area contributed by atoms with E-state index in [0.717, 1.165) is 5.92 Å². The van der Waals surface area contributed by atoms with E-state index in [4.69, 9.17) is 11.6 Å². The van der Waals surface area contributed by atoms with E-state index >= 15 is 0 Å². The molecule has 0 heterocycles. The van der Waals surface area contributed by atoms with Crippen LogP contribution in [0.15, 0.2) is 0 Å². The molecule has 1 aliphatic rings. The van der Waals surface area contributed by atoms with Gasteiger partial charge < -0.3 is 4.90 Å². The van der Waals surface area contributed by atoms with E-state index in [9.17, 15) is 0 Å². The molecule has 0 spiro atoms. The first-order chi connectivity index (χ1) is 8.22. The molecule has 0 aliphatic heterocycles. The maximum atomic E-state index is 6.00. The zero-order valence-electron chi connectivity index (χ0n) is 11.8. The Labute approximate surface area is 113 Å². The quantitative estimate of drug-likeness (QED) is 0.407. The average Bonchev–Trinajstić information content (AvgIpc) is 2.26. The fraction of sp³-hybridized carbons (Fsp3) is 1.00. The summed E-state index contributed by atoms with van der Waals surface area (Å²) in [5.41, 5.74) is 0. The maximum absolute atomic E-state index is 6.00. The van der Waals surface area contributed by atoms with Gasteiger partial charge in [0, 0.05) is 11.9 Å². The van der Waals surface area contributed by atoms with Crippen molar-refractivity contribution in [1.29, 1.82) is 0 Å². The van der Waals surface area contributed by atoms with Crippen LogP contribution in [0.2, 0.25) is 0 Å². The second-order valence-electron chi connectivity index (χ2n) is 5.82. The number of alkyl halides is 1. The van der Waals surface area contributed by atoms with Crippen molar-refractivity contribution in [3.63, 3.8) is 0 Å². The highest BCUT2D eigenvalue weighted by molar-refractivity contribution is 6.21. The van der Waals surface area contributed by atoms with Gasteiger partial charge in [-0.2, -0.15) is 0 Å². The van der Waals surface area contributed by atoms with Crippen LogP contribution in [0.25, 0.3) is 0 Å². The minimum Gasteiger partial charge on any atom is -0.306 e. The van der Waals surface area contributed by atoms with E-state index in [1.165, 1.54) is 70.9 Å². The van der Waals surface area contributed by atoms with E-state index < -0.39 is 0 Å². The van der Waals surface area contributed by atoms with Gasteiger partial charge in [0.15, 0.2) is 0 Å². The van der Waals surface area contributed by atoms with Gasteiger partial charge in [0.05, 0.1) is 0 Å². The van der Waals surface area contributed by atoms with Gasteiger partial charge in [-0.1, -0.05) is 45.4 Å². The normalized spacial score (nSPS) is 24.0. The highest BCUT2D eigenvalue weighted by Crippen LogP contribution is 2.32. The summed E-state index contributed by atoms with van der Waals surface area (Å²) >= 11 is 6.00. The standard InChI is InChI=1S/C15H30ClN/c1-3-4-5-6-7-8-9-10-17(2)13-14-11-15(16)12-14/h14-15H,3-13H2,1-2H3. The first-order valence-electron chi connectivity index (χ1n) is 7.55. The van der Waals surface area contributed by atoms with E-state index in [1.807, 2.05) is 0 Å². The molecule has 102 valence electrons. The van der Waals surface area contributed by atoms with Crippen molar-refractivity contribution in [1.82, 2.24) is 4.90 Å². The molecular formula is C15H30ClN. The minimum atomic E-state index is 0.479. The number of nitrogens with zero attached hydrogens (tertiary/aromatic N) is 1. The average molecular weight is 260 g/mol. The molecule has 0 atom stereocenters. The summed E-state index contributed by atoms with van der Waals surface area (Å²) in [6.45, 7) is 4.82. The van der Waals surface area contributed by atoms with E-state index in [0.29, 0.717) is 5.38 Å². The lowest BCUT2D eigenvalue weighted by molar-refractivity contribution is 0.206. The van der Waals surface area contributed by atoms with Crippen LogP contribution in [0.1, 0.15) is 64.7 Å². The summed E-state index contributed by atoms with van der Waals surface area (Å²) in [6.07, 6.45) is 12.3. The second-order valence-corrected chi connectivity index (χ2v) is 6.44. The number of unbranched alkanes of at least 4 members (excludes halogenated alkanes) is 6. The topological polar surface area (TPSA) is 3.24 Å². The van der Waals surface area contributed by atoms with Crippen LogP contribution in [-0.4, -0.2) is 30.4 Å². The van der Waals surface area contributed by atoms with Crippen LogP contribution < -0.4 is 0 Å². The van der Waals surface area contributed by atoms with Crippen molar-refractivity contribution in [3.8, 4) is 0 Å². The summed E-state index contributed by atoms with van der Waals surface area (Å²) < 4.78 is 0. The van der Waals surface area contributed by atoms with Crippen LogP contribution in [0.3, 0.4) is 0 Å². The van der Waals surface area contributed by atoms with Crippen molar-refractivity contribution in [2.75, 3.05) is 20.1 Å². The van der Waals surface area contributed by atoms with Crippen molar-refractivity contribution >= 4 is 11.6 Å². The first kappa shape index (κ1) is 15.3. The molecule has 0 saturated heterocycles. The number of rotatable bonds is 10. The smallest absolute Gasteiger partial charge is 0.0342 e. The lowest BCUT2D eigenvalue weighted by atomic mass is 9.84. The predicted octanol–water partition coefficient (Wildman–Crippen LogP) is 4.69. The predicted molar refractivity (Wildman–Crippen MR) is 77.9 cm³/mol. The molecule has 0 radical (unpaired) electrons. The van der Waals surface area contributed by atoms with Gasteiger partial charge in [0.2, 0.25) is 0 Å². The molecule has 2 heteroatoms. The number of hydrogen-bond donors (Lipinski definition) is 0. The van der Waals surface area contributed by atoms with Crippen LogP contribution in [-0.2, 0) is 0 Å². The minimum absolute atomic E-state index is 0.479. The van der Waals surface area contributed by atoms with Gasteiger partial charge in [-0.15, -0.1) is 11.6 Å². The third-order valence-corrected chi connectivity index (χ3v) is 4.25. The molecule has 0 aromatic heterocycles. The van der Waals surface area contributed by atoms with E-state index in [1.54, 1.807) is 0 Å². The molecule has 0 N–H and O–H groups in total. The van der Waals surface area contributed by atoms with Gasteiger partial charge in [-0.3, -0.25) is 0 Å². The maximum Gasteiger partial charge on any atom is 0.0342 e. The zero-order valence-corrected chi connectivity index (χ0v) is 12.5.